The van der Waals surface area contributed by atoms with Gasteiger partial charge in [-0.2, -0.15) is 0 Å². The van der Waals surface area contributed by atoms with E-state index in [1.165, 1.54) is 83.5 Å². The van der Waals surface area contributed by atoms with Crippen LogP contribution in [0.4, 0.5) is 0 Å². The Labute approximate surface area is 351 Å². The summed E-state index contributed by atoms with van der Waals surface area (Å²) >= 11 is 0. The second-order valence-corrected chi connectivity index (χ2v) is 15.6. The third kappa shape index (κ3) is 44.1. The molecule has 57 heavy (non-hydrogen) atoms. The van der Waals surface area contributed by atoms with Crippen molar-refractivity contribution in [2.24, 2.45) is 0 Å². The van der Waals surface area contributed by atoms with Crippen molar-refractivity contribution in [3.8, 4) is 0 Å². The van der Waals surface area contributed by atoms with Gasteiger partial charge in [0.1, 0.15) is 13.2 Å². The van der Waals surface area contributed by atoms with E-state index in [1.54, 1.807) is 0 Å². The number of esters is 3. The normalized spacial score (nSPS) is 12.5. The van der Waals surface area contributed by atoms with Crippen LogP contribution in [0, 0.1) is 0 Å². The van der Waals surface area contributed by atoms with E-state index in [4.69, 9.17) is 14.2 Å². The molecule has 0 aliphatic rings. The Morgan fingerprint density at radius 3 is 1.14 bits per heavy atom. The van der Waals surface area contributed by atoms with Crippen molar-refractivity contribution in [1.82, 2.24) is 0 Å². The first-order valence-electron chi connectivity index (χ1n) is 23.8. The van der Waals surface area contributed by atoms with E-state index < -0.39 is 6.10 Å². The minimum atomic E-state index is -0.779. The predicted octanol–water partition coefficient (Wildman–Crippen LogP) is 15.3. The topological polar surface area (TPSA) is 78.9 Å². The molecule has 0 heterocycles. The lowest BCUT2D eigenvalue weighted by molar-refractivity contribution is -0.167. The van der Waals surface area contributed by atoms with Crippen LogP contribution in [-0.2, 0) is 28.6 Å². The average Bonchev–Trinajstić information content (AvgIpc) is 3.21. The number of carbonyl (C=O) groups is 3. The molecule has 0 rings (SSSR count). The Kier molecular flexibility index (Phi) is 43.5. The molecule has 0 saturated heterocycles. The van der Waals surface area contributed by atoms with E-state index in [1.807, 2.05) is 0 Å². The molecule has 0 aromatic rings. The van der Waals surface area contributed by atoms with Gasteiger partial charge < -0.3 is 14.2 Å². The monoisotopic (exact) mass is 797 g/mol. The van der Waals surface area contributed by atoms with Crippen LogP contribution in [0.3, 0.4) is 0 Å². The fraction of sp³-hybridized carbons (Fsp3) is 0.745. The van der Waals surface area contributed by atoms with Gasteiger partial charge in [-0.3, -0.25) is 14.4 Å². The van der Waals surface area contributed by atoms with Crippen molar-refractivity contribution >= 4 is 17.9 Å². The molecule has 6 heteroatoms. The highest BCUT2D eigenvalue weighted by Crippen LogP contribution is 2.14. The predicted molar refractivity (Wildman–Crippen MR) is 242 cm³/mol. The number of allylic oxidation sites excluding steroid dienone is 10. The van der Waals surface area contributed by atoms with Gasteiger partial charge in [0, 0.05) is 19.3 Å². The van der Waals surface area contributed by atoms with Gasteiger partial charge >= 0.3 is 17.9 Å². The molecular weight excluding hydrogens is 709 g/mol. The van der Waals surface area contributed by atoms with E-state index in [0.29, 0.717) is 19.3 Å². The summed E-state index contributed by atoms with van der Waals surface area (Å²) in [6.07, 6.45) is 54.9. The Hall–Kier alpha value is -2.89. The summed E-state index contributed by atoms with van der Waals surface area (Å²) in [5.41, 5.74) is 0. The number of unbranched alkanes of at least 4 members (excludes halogenated alkanes) is 21. The summed E-state index contributed by atoms with van der Waals surface area (Å²) in [5.74, 6) is -0.910. The first kappa shape index (κ1) is 54.1. The highest BCUT2D eigenvalue weighted by molar-refractivity contribution is 5.71. The quantitative estimate of drug-likeness (QED) is 0.0265. The molecule has 0 N–H and O–H groups in total. The Morgan fingerprint density at radius 1 is 0.368 bits per heavy atom. The SMILES string of the molecule is CC/C=C\C/C=C\C/C=C\C/C=C\CCCCCCCCC(=O)OCC(COC(=O)CCCCCCCCCCC)OC(=O)CCCCCCC/C=C\CCCC. The van der Waals surface area contributed by atoms with Crippen molar-refractivity contribution in [2.45, 2.75) is 232 Å². The second-order valence-electron chi connectivity index (χ2n) is 15.6. The van der Waals surface area contributed by atoms with Crippen LogP contribution in [0.2, 0.25) is 0 Å². The molecule has 0 amide bonds. The average molecular weight is 797 g/mol. The van der Waals surface area contributed by atoms with Crippen molar-refractivity contribution in [3.05, 3.63) is 60.8 Å². The highest BCUT2D eigenvalue weighted by Gasteiger charge is 2.19. The molecule has 0 fully saturated rings. The summed E-state index contributed by atoms with van der Waals surface area (Å²) in [5, 5.41) is 0. The van der Waals surface area contributed by atoms with Crippen molar-refractivity contribution in [1.29, 1.82) is 0 Å². The minimum Gasteiger partial charge on any atom is -0.462 e. The zero-order valence-corrected chi connectivity index (χ0v) is 37.3. The van der Waals surface area contributed by atoms with Crippen LogP contribution in [0.5, 0.6) is 0 Å². The molecule has 0 aliphatic carbocycles. The van der Waals surface area contributed by atoms with E-state index in [-0.39, 0.29) is 31.1 Å². The number of hydrogen-bond donors (Lipinski definition) is 0. The first-order valence-corrected chi connectivity index (χ1v) is 23.8. The molecule has 0 aromatic heterocycles. The van der Waals surface area contributed by atoms with Gasteiger partial charge in [0.2, 0.25) is 0 Å². The summed E-state index contributed by atoms with van der Waals surface area (Å²) in [6.45, 7) is 6.44. The van der Waals surface area contributed by atoms with Crippen molar-refractivity contribution < 1.29 is 28.6 Å². The molecule has 0 radical (unpaired) electrons. The lowest BCUT2D eigenvalue weighted by Crippen LogP contribution is -2.30. The van der Waals surface area contributed by atoms with Gasteiger partial charge in [-0.05, 0) is 77.0 Å². The largest absolute Gasteiger partial charge is 0.462 e. The molecular formula is C51H88O6. The maximum absolute atomic E-state index is 12.7. The Bertz CT molecular complexity index is 1050. The maximum Gasteiger partial charge on any atom is 0.306 e. The Morgan fingerprint density at radius 2 is 0.702 bits per heavy atom. The van der Waals surface area contributed by atoms with Gasteiger partial charge in [0.15, 0.2) is 6.10 Å². The number of rotatable bonds is 42. The fourth-order valence-electron chi connectivity index (χ4n) is 6.41. The van der Waals surface area contributed by atoms with Crippen LogP contribution < -0.4 is 0 Å². The van der Waals surface area contributed by atoms with E-state index in [0.717, 1.165) is 103 Å². The molecule has 1 atom stereocenters. The molecule has 0 aliphatic heterocycles. The summed E-state index contributed by atoms with van der Waals surface area (Å²) in [7, 11) is 0. The summed E-state index contributed by atoms with van der Waals surface area (Å²) in [6, 6.07) is 0. The number of ether oxygens (including phenoxy) is 3. The first-order chi connectivity index (χ1) is 28.0. The van der Waals surface area contributed by atoms with E-state index in [2.05, 4.69) is 81.5 Å². The molecule has 0 aromatic carbocycles. The van der Waals surface area contributed by atoms with Crippen molar-refractivity contribution in [2.75, 3.05) is 13.2 Å². The second kappa shape index (κ2) is 45.8. The van der Waals surface area contributed by atoms with Crippen LogP contribution in [-0.4, -0.2) is 37.2 Å². The van der Waals surface area contributed by atoms with Crippen LogP contribution in [0.25, 0.3) is 0 Å². The summed E-state index contributed by atoms with van der Waals surface area (Å²) in [4.78, 5) is 37.7. The van der Waals surface area contributed by atoms with Crippen LogP contribution in [0.1, 0.15) is 226 Å². The van der Waals surface area contributed by atoms with Crippen LogP contribution in [0.15, 0.2) is 60.8 Å². The fourth-order valence-corrected chi connectivity index (χ4v) is 6.41. The highest BCUT2D eigenvalue weighted by atomic mass is 16.6. The van der Waals surface area contributed by atoms with E-state index >= 15 is 0 Å². The number of hydrogen-bond acceptors (Lipinski definition) is 6. The Balaban J connectivity index is 4.33. The third-order valence-electron chi connectivity index (χ3n) is 10.0. The molecule has 1 unspecified atom stereocenters. The molecule has 0 saturated carbocycles. The molecule has 0 spiro atoms. The van der Waals surface area contributed by atoms with Gasteiger partial charge in [0.25, 0.3) is 0 Å². The molecule has 328 valence electrons. The zero-order chi connectivity index (χ0) is 41.5. The standard InChI is InChI=1S/C51H88O6/c1-4-7-10-13-16-19-21-22-23-24-25-26-27-28-30-32-35-38-41-44-50(53)56-47-48(46-55-49(52)43-40-37-34-31-18-15-12-9-6-3)57-51(54)45-42-39-36-33-29-20-17-14-11-8-5-2/h7,10,14,16-17,19,22-23,25-26,48H,4-6,8-9,11-13,15,18,20-21,24,27-47H2,1-3H3/b10-7-,17-14-,19-16-,23-22-,26-25-. The summed E-state index contributed by atoms with van der Waals surface area (Å²) < 4.78 is 16.7. The van der Waals surface area contributed by atoms with Crippen LogP contribution >= 0.6 is 0 Å². The lowest BCUT2D eigenvalue weighted by atomic mass is 10.1. The smallest absolute Gasteiger partial charge is 0.306 e. The van der Waals surface area contributed by atoms with E-state index in [9.17, 15) is 14.4 Å². The number of carbonyl (C=O) groups excluding carboxylic acids is 3. The molecule has 0 bridgehead atoms. The molecule has 6 nitrogen and oxygen atoms in total. The van der Waals surface area contributed by atoms with Gasteiger partial charge in [-0.1, -0.05) is 191 Å². The van der Waals surface area contributed by atoms with Gasteiger partial charge in [-0.15, -0.1) is 0 Å². The minimum absolute atomic E-state index is 0.0814. The van der Waals surface area contributed by atoms with Crippen molar-refractivity contribution in [3.63, 3.8) is 0 Å². The third-order valence-corrected chi connectivity index (χ3v) is 10.0. The maximum atomic E-state index is 12.7. The zero-order valence-electron chi connectivity index (χ0n) is 37.3. The van der Waals surface area contributed by atoms with Gasteiger partial charge in [-0.25, -0.2) is 0 Å². The van der Waals surface area contributed by atoms with Gasteiger partial charge in [0.05, 0.1) is 0 Å². The lowest BCUT2D eigenvalue weighted by Gasteiger charge is -2.18.